The zero-order valence-electron chi connectivity index (χ0n) is 11.5. The van der Waals surface area contributed by atoms with Crippen molar-refractivity contribution in [3.8, 4) is 5.69 Å². The summed E-state index contributed by atoms with van der Waals surface area (Å²) < 4.78 is 5.13. The van der Waals surface area contributed by atoms with Crippen LogP contribution in [0.1, 0.15) is 22.4 Å². The summed E-state index contributed by atoms with van der Waals surface area (Å²) in [7, 11) is 0. The second-order valence-corrected chi connectivity index (χ2v) is 6.33. The van der Waals surface area contributed by atoms with Crippen LogP contribution in [-0.2, 0) is 0 Å². The Morgan fingerprint density at radius 3 is 2.26 bits per heavy atom. The van der Waals surface area contributed by atoms with Crippen LogP contribution in [-0.4, -0.2) is 8.97 Å². The molecule has 3 rings (SSSR count). The van der Waals surface area contributed by atoms with Crippen LogP contribution < -0.4 is 0 Å². The molecule has 0 saturated heterocycles. The summed E-state index contributed by atoms with van der Waals surface area (Å²) in [6.45, 7) is 8.52. The van der Waals surface area contributed by atoms with Gasteiger partial charge in [0.25, 0.3) is 0 Å². The maximum absolute atomic E-state index is 5.63. The third-order valence-electron chi connectivity index (χ3n) is 3.44. The van der Waals surface area contributed by atoms with Gasteiger partial charge >= 0.3 is 0 Å². The minimum absolute atomic E-state index is 0.851. The number of rotatable bonds is 1. The number of aryl methyl sites for hydroxylation is 4. The molecule has 0 aliphatic rings. The molecule has 2 aromatic heterocycles. The molecular formula is C15H16N2S2. The summed E-state index contributed by atoms with van der Waals surface area (Å²) in [5.74, 6) is 0. The number of hydrogen-bond donors (Lipinski definition) is 0. The van der Waals surface area contributed by atoms with Gasteiger partial charge in [0.1, 0.15) is 4.83 Å². The van der Waals surface area contributed by atoms with Gasteiger partial charge in [-0.05, 0) is 51.0 Å². The standard InChI is InChI=1S/C15H16N2S2/c1-9-5-10(2)14(11(3)6-9)16-7-13-17(15(16)18)12(4)8-19-13/h5-8H,1-4H3. The van der Waals surface area contributed by atoms with Crippen molar-refractivity contribution in [1.29, 1.82) is 0 Å². The summed E-state index contributed by atoms with van der Waals surface area (Å²) >= 11 is 7.37. The SMILES string of the molecule is Cc1cc(C)c(-n2cc3scc(C)n3c2=S)c(C)c1. The van der Waals surface area contributed by atoms with Crippen molar-refractivity contribution in [2.75, 3.05) is 0 Å². The normalized spacial score (nSPS) is 11.4. The topological polar surface area (TPSA) is 9.34 Å². The number of fused-ring (bicyclic) bond motifs is 1. The van der Waals surface area contributed by atoms with Crippen LogP contribution in [0.25, 0.3) is 10.5 Å². The molecule has 0 atom stereocenters. The first-order valence-corrected chi connectivity index (χ1v) is 7.54. The highest BCUT2D eigenvalue weighted by Gasteiger charge is 2.11. The van der Waals surface area contributed by atoms with E-state index in [9.17, 15) is 0 Å². The van der Waals surface area contributed by atoms with Crippen LogP contribution in [0.2, 0.25) is 0 Å². The zero-order chi connectivity index (χ0) is 13.7. The maximum atomic E-state index is 5.63. The van der Waals surface area contributed by atoms with Crippen molar-refractivity contribution in [1.82, 2.24) is 8.97 Å². The van der Waals surface area contributed by atoms with Crippen molar-refractivity contribution in [3.05, 3.63) is 50.9 Å². The summed E-state index contributed by atoms with van der Waals surface area (Å²) in [6, 6.07) is 4.42. The molecule has 3 aromatic rings. The van der Waals surface area contributed by atoms with E-state index >= 15 is 0 Å². The second-order valence-electron chi connectivity index (χ2n) is 5.08. The van der Waals surface area contributed by atoms with Gasteiger partial charge in [0, 0.05) is 17.3 Å². The smallest absolute Gasteiger partial charge is 0.190 e. The van der Waals surface area contributed by atoms with E-state index in [1.807, 2.05) is 0 Å². The highest BCUT2D eigenvalue weighted by molar-refractivity contribution is 7.71. The predicted octanol–water partition coefficient (Wildman–Crippen LogP) is 4.75. The molecule has 0 fully saturated rings. The summed E-state index contributed by atoms with van der Waals surface area (Å²) in [4.78, 5) is 1.20. The lowest BCUT2D eigenvalue weighted by molar-refractivity contribution is 0.953. The molecule has 0 N–H and O–H groups in total. The van der Waals surface area contributed by atoms with E-state index in [0.717, 1.165) is 4.77 Å². The average Bonchev–Trinajstić information content (AvgIpc) is 2.81. The largest absolute Gasteiger partial charge is 0.290 e. The van der Waals surface area contributed by atoms with Gasteiger partial charge in [-0.1, -0.05) is 17.7 Å². The predicted molar refractivity (Wildman–Crippen MR) is 84.4 cm³/mol. The third-order valence-corrected chi connectivity index (χ3v) is 4.80. The molecule has 0 amide bonds. The zero-order valence-corrected chi connectivity index (χ0v) is 13.2. The molecule has 98 valence electrons. The van der Waals surface area contributed by atoms with Crippen LogP contribution in [0.15, 0.2) is 23.7 Å². The Labute approximate surface area is 121 Å². The first-order valence-electron chi connectivity index (χ1n) is 6.25. The molecule has 19 heavy (non-hydrogen) atoms. The number of imidazole rings is 1. The highest BCUT2D eigenvalue weighted by Crippen LogP contribution is 2.25. The molecular weight excluding hydrogens is 272 g/mol. The maximum Gasteiger partial charge on any atom is 0.190 e. The Morgan fingerprint density at radius 2 is 1.68 bits per heavy atom. The average molecular weight is 288 g/mol. The van der Waals surface area contributed by atoms with Crippen LogP contribution >= 0.6 is 23.6 Å². The van der Waals surface area contributed by atoms with Gasteiger partial charge in [-0.2, -0.15) is 0 Å². The van der Waals surface area contributed by atoms with E-state index in [1.165, 1.54) is 32.9 Å². The van der Waals surface area contributed by atoms with E-state index in [4.69, 9.17) is 12.2 Å². The minimum atomic E-state index is 0.851. The van der Waals surface area contributed by atoms with Crippen molar-refractivity contribution in [2.24, 2.45) is 0 Å². The Kier molecular flexibility index (Phi) is 2.87. The number of nitrogens with zero attached hydrogens (tertiary/aromatic N) is 2. The molecule has 0 aliphatic heterocycles. The number of benzene rings is 1. The molecule has 1 aromatic carbocycles. The van der Waals surface area contributed by atoms with Gasteiger partial charge < -0.3 is 0 Å². The fourth-order valence-corrected chi connectivity index (χ4v) is 4.09. The van der Waals surface area contributed by atoms with Crippen LogP contribution in [0.3, 0.4) is 0 Å². The van der Waals surface area contributed by atoms with Crippen molar-refractivity contribution < 1.29 is 0 Å². The van der Waals surface area contributed by atoms with E-state index in [0.29, 0.717) is 0 Å². The lowest BCUT2D eigenvalue weighted by Gasteiger charge is -2.12. The van der Waals surface area contributed by atoms with Gasteiger partial charge in [0.05, 0.1) is 5.69 Å². The number of hydrogen-bond acceptors (Lipinski definition) is 2. The van der Waals surface area contributed by atoms with Gasteiger partial charge in [-0.3, -0.25) is 8.97 Å². The van der Waals surface area contributed by atoms with Crippen molar-refractivity contribution >= 4 is 28.4 Å². The first kappa shape index (κ1) is 12.6. The molecule has 0 radical (unpaired) electrons. The molecule has 0 spiro atoms. The quantitative estimate of drug-likeness (QED) is 0.587. The molecule has 2 nitrogen and oxygen atoms in total. The van der Waals surface area contributed by atoms with Gasteiger partial charge in [0.2, 0.25) is 0 Å². The Morgan fingerprint density at radius 1 is 1.05 bits per heavy atom. The fraction of sp³-hybridized carbons (Fsp3) is 0.267. The molecule has 4 heteroatoms. The Bertz CT molecular complexity index is 811. The van der Waals surface area contributed by atoms with E-state index < -0.39 is 0 Å². The van der Waals surface area contributed by atoms with E-state index in [1.54, 1.807) is 11.3 Å². The molecule has 0 aliphatic carbocycles. The van der Waals surface area contributed by atoms with Gasteiger partial charge in [0.15, 0.2) is 4.77 Å². The number of thiazole rings is 1. The lowest BCUT2D eigenvalue weighted by atomic mass is 10.1. The van der Waals surface area contributed by atoms with Gasteiger partial charge in [-0.15, -0.1) is 11.3 Å². The van der Waals surface area contributed by atoms with Gasteiger partial charge in [-0.25, -0.2) is 0 Å². The molecule has 2 heterocycles. The second kappa shape index (κ2) is 4.32. The molecule has 0 unspecified atom stereocenters. The van der Waals surface area contributed by atoms with Crippen molar-refractivity contribution in [3.63, 3.8) is 0 Å². The summed E-state index contributed by atoms with van der Waals surface area (Å²) in [5, 5.41) is 2.14. The number of aromatic nitrogens is 2. The van der Waals surface area contributed by atoms with Crippen LogP contribution in [0.4, 0.5) is 0 Å². The van der Waals surface area contributed by atoms with Crippen LogP contribution in [0.5, 0.6) is 0 Å². The first-order chi connectivity index (χ1) is 8.99. The van der Waals surface area contributed by atoms with Crippen LogP contribution in [0, 0.1) is 32.5 Å². The summed E-state index contributed by atoms with van der Waals surface area (Å²) in [6.07, 6.45) is 2.14. The highest BCUT2D eigenvalue weighted by atomic mass is 32.1. The molecule has 0 saturated carbocycles. The Hall–Kier alpha value is -1.39. The summed E-state index contributed by atoms with van der Waals surface area (Å²) in [5.41, 5.74) is 6.24. The lowest BCUT2D eigenvalue weighted by Crippen LogP contribution is -2.01. The van der Waals surface area contributed by atoms with E-state index in [-0.39, 0.29) is 0 Å². The molecule has 0 bridgehead atoms. The monoisotopic (exact) mass is 288 g/mol. The fourth-order valence-electron chi connectivity index (χ4n) is 2.74. The third kappa shape index (κ3) is 1.86. The Balaban J connectivity index is 2.37. The van der Waals surface area contributed by atoms with E-state index in [2.05, 4.69) is 60.4 Å². The minimum Gasteiger partial charge on any atom is -0.290 e. The van der Waals surface area contributed by atoms with Crippen molar-refractivity contribution in [2.45, 2.75) is 27.7 Å².